The zero-order chi connectivity index (χ0) is 16.8. The fraction of sp³-hybridized carbons (Fsp3) is 0.154. The molecule has 3 N–H and O–H groups in total. The van der Waals surface area contributed by atoms with Gasteiger partial charge in [0.15, 0.2) is 8.68 Å². The summed E-state index contributed by atoms with van der Waals surface area (Å²) in [5.74, 6) is 0.878. The quantitative estimate of drug-likeness (QED) is 0.464. The highest BCUT2D eigenvalue weighted by Crippen LogP contribution is 2.28. The molecule has 1 amide bonds. The van der Waals surface area contributed by atoms with Crippen LogP contribution in [0.1, 0.15) is 5.56 Å². The first-order chi connectivity index (χ1) is 11.7. The van der Waals surface area contributed by atoms with E-state index in [9.17, 15) is 4.79 Å². The van der Waals surface area contributed by atoms with E-state index < -0.39 is 0 Å². The summed E-state index contributed by atoms with van der Waals surface area (Å²) in [4.78, 5) is 11.9. The van der Waals surface area contributed by atoms with Gasteiger partial charge >= 0.3 is 0 Å². The van der Waals surface area contributed by atoms with Crippen LogP contribution in [0.4, 0.5) is 10.3 Å². The minimum atomic E-state index is -0.162. The molecular formula is C13H12N6OS4. The number of benzene rings is 1. The van der Waals surface area contributed by atoms with Crippen molar-refractivity contribution in [3.63, 3.8) is 0 Å². The van der Waals surface area contributed by atoms with Crippen molar-refractivity contribution in [1.82, 2.24) is 20.4 Å². The van der Waals surface area contributed by atoms with E-state index in [4.69, 9.17) is 5.73 Å². The molecule has 0 saturated carbocycles. The number of amides is 1. The molecule has 0 aliphatic carbocycles. The number of anilines is 2. The average Bonchev–Trinajstić information content (AvgIpc) is 3.21. The predicted molar refractivity (Wildman–Crippen MR) is 99.6 cm³/mol. The molecule has 0 bridgehead atoms. The Kier molecular flexibility index (Phi) is 6.01. The molecule has 0 aliphatic rings. The van der Waals surface area contributed by atoms with Crippen molar-refractivity contribution in [2.45, 2.75) is 14.4 Å². The average molecular weight is 397 g/mol. The normalized spacial score (nSPS) is 10.7. The molecule has 124 valence electrons. The minimum absolute atomic E-state index is 0.162. The molecule has 0 spiro atoms. The predicted octanol–water partition coefficient (Wildman–Crippen LogP) is 2.99. The second-order valence-electron chi connectivity index (χ2n) is 4.39. The highest BCUT2D eigenvalue weighted by Gasteiger charge is 2.11. The van der Waals surface area contributed by atoms with E-state index in [1.807, 2.05) is 18.2 Å². The van der Waals surface area contributed by atoms with Crippen molar-refractivity contribution >= 4 is 62.4 Å². The van der Waals surface area contributed by atoms with E-state index in [0.29, 0.717) is 14.6 Å². The van der Waals surface area contributed by atoms with Crippen LogP contribution < -0.4 is 11.1 Å². The van der Waals surface area contributed by atoms with Gasteiger partial charge in [0.05, 0.1) is 5.75 Å². The number of carbonyl (C=O) groups is 1. The third kappa shape index (κ3) is 5.16. The van der Waals surface area contributed by atoms with Crippen LogP contribution in [0, 0.1) is 0 Å². The summed E-state index contributed by atoms with van der Waals surface area (Å²) in [6, 6.07) is 10.1. The zero-order valence-corrected chi connectivity index (χ0v) is 15.5. The fourth-order valence-electron chi connectivity index (χ4n) is 1.60. The van der Waals surface area contributed by atoms with Crippen molar-refractivity contribution in [1.29, 1.82) is 0 Å². The maximum absolute atomic E-state index is 11.9. The van der Waals surface area contributed by atoms with Gasteiger partial charge in [-0.05, 0) is 5.56 Å². The summed E-state index contributed by atoms with van der Waals surface area (Å²) in [5.41, 5.74) is 6.71. The molecule has 0 fully saturated rings. The van der Waals surface area contributed by atoms with Crippen LogP contribution in [-0.2, 0) is 10.5 Å². The number of nitrogen functional groups attached to an aromatic ring is 1. The largest absolute Gasteiger partial charge is 0.374 e. The van der Waals surface area contributed by atoms with Gasteiger partial charge < -0.3 is 5.73 Å². The lowest BCUT2D eigenvalue weighted by Crippen LogP contribution is -2.13. The maximum atomic E-state index is 11.9. The lowest BCUT2D eigenvalue weighted by atomic mass is 10.2. The van der Waals surface area contributed by atoms with Crippen LogP contribution in [0.2, 0.25) is 0 Å². The molecule has 24 heavy (non-hydrogen) atoms. The Labute approximate surface area is 154 Å². The van der Waals surface area contributed by atoms with E-state index in [1.165, 1.54) is 40.0 Å². The third-order valence-corrected chi connectivity index (χ3v) is 6.54. The Bertz CT molecular complexity index is 806. The Morgan fingerprint density at radius 2 is 1.79 bits per heavy atom. The van der Waals surface area contributed by atoms with Gasteiger partial charge in [-0.15, -0.1) is 20.4 Å². The van der Waals surface area contributed by atoms with Gasteiger partial charge in [0.2, 0.25) is 16.2 Å². The van der Waals surface area contributed by atoms with Crippen LogP contribution in [-0.4, -0.2) is 32.1 Å². The van der Waals surface area contributed by atoms with Crippen molar-refractivity contribution in [3.05, 3.63) is 35.9 Å². The van der Waals surface area contributed by atoms with E-state index >= 15 is 0 Å². The van der Waals surface area contributed by atoms with Crippen LogP contribution in [0.3, 0.4) is 0 Å². The molecule has 2 aromatic heterocycles. The molecule has 11 heteroatoms. The number of hydrogen-bond donors (Lipinski definition) is 2. The highest BCUT2D eigenvalue weighted by atomic mass is 32.2. The molecule has 0 aliphatic heterocycles. The molecule has 0 saturated heterocycles. The Morgan fingerprint density at radius 1 is 1.04 bits per heavy atom. The number of thioether (sulfide) groups is 2. The standard InChI is InChI=1S/C13H12N6OS4/c14-10-16-18-12(23-10)22-7-9(20)15-11-17-19-13(24-11)21-6-8-4-2-1-3-5-8/h1-5H,6-7H2,(H2,14,16)(H,15,17,20). The second kappa shape index (κ2) is 8.42. The van der Waals surface area contributed by atoms with Gasteiger partial charge in [-0.3, -0.25) is 10.1 Å². The van der Waals surface area contributed by atoms with Gasteiger partial charge in [-0.25, -0.2) is 0 Å². The summed E-state index contributed by atoms with van der Waals surface area (Å²) in [5, 5.41) is 19.2. The molecular weight excluding hydrogens is 384 g/mol. The van der Waals surface area contributed by atoms with Crippen molar-refractivity contribution in [3.8, 4) is 0 Å². The number of nitrogens with zero attached hydrogens (tertiary/aromatic N) is 4. The van der Waals surface area contributed by atoms with Crippen LogP contribution in [0.25, 0.3) is 0 Å². The molecule has 0 atom stereocenters. The Hall–Kier alpha value is -1.69. The van der Waals surface area contributed by atoms with Gasteiger partial charge in [0.1, 0.15) is 0 Å². The summed E-state index contributed by atoms with van der Waals surface area (Å²) in [6.45, 7) is 0. The number of aromatic nitrogens is 4. The maximum Gasteiger partial charge on any atom is 0.236 e. The lowest BCUT2D eigenvalue weighted by molar-refractivity contribution is -0.113. The number of hydrogen-bond acceptors (Lipinski definition) is 10. The third-order valence-electron chi connectivity index (χ3n) is 2.61. The lowest BCUT2D eigenvalue weighted by Gasteiger charge is -1.98. The Morgan fingerprint density at radius 3 is 2.54 bits per heavy atom. The van der Waals surface area contributed by atoms with E-state index in [-0.39, 0.29) is 11.7 Å². The molecule has 3 rings (SSSR count). The van der Waals surface area contributed by atoms with Gasteiger partial charge in [0, 0.05) is 5.75 Å². The first-order valence-corrected chi connectivity index (χ1v) is 10.3. The Balaban J connectivity index is 1.45. The second-order valence-corrected chi connectivity index (χ2v) is 8.82. The molecule has 7 nitrogen and oxygen atoms in total. The van der Waals surface area contributed by atoms with Crippen LogP contribution in [0.15, 0.2) is 39.0 Å². The van der Waals surface area contributed by atoms with E-state index in [1.54, 1.807) is 11.8 Å². The molecule has 2 heterocycles. The summed E-state index contributed by atoms with van der Waals surface area (Å²) >= 11 is 5.49. The van der Waals surface area contributed by atoms with Gasteiger partial charge in [-0.1, -0.05) is 76.5 Å². The summed E-state index contributed by atoms with van der Waals surface area (Å²) < 4.78 is 1.48. The summed E-state index contributed by atoms with van der Waals surface area (Å²) in [6.07, 6.45) is 0. The molecule has 0 radical (unpaired) electrons. The molecule has 0 unspecified atom stereocenters. The van der Waals surface area contributed by atoms with Crippen LogP contribution in [0.5, 0.6) is 0 Å². The van der Waals surface area contributed by atoms with E-state index in [2.05, 4.69) is 37.8 Å². The SMILES string of the molecule is Nc1nnc(SCC(=O)Nc2nnc(SCc3ccccc3)s2)s1. The number of carbonyl (C=O) groups excluding carboxylic acids is 1. The smallest absolute Gasteiger partial charge is 0.236 e. The van der Waals surface area contributed by atoms with Crippen molar-refractivity contribution in [2.24, 2.45) is 0 Å². The number of nitrogens with two attached hydrogens (primary N) is 1. The minimum Gasteiger partial charge on any atom is -0.374 e. The first-order valence-electron chi connectivity index (χ1n) is 6.71. The van der Waals surface area contributed by atoms with Crippen LogP contribution >= 0.6 is 46.2 Å². The first kappa shape index (κ1) is 17.1. The summed E-state index contributed by atoms with van der Waals surface area (Å²) in [7, 11) is 0. The zero-order valence-electron chi connectivity index (χ0n) is 12.2. The molecule has 1 aromatic carbocycles. The van der Waals surface area contributed by atoms with E-state index in [0.717, 1.165) is 10.1 Å². The monoisotopic (exact) mass is 396 g/mol. The number of rotatable bonds is 7. The topological polar surface area (TPSA) is 107 Å². The number of nitrogens with one attached hydrogen (secondary N) is 1. The van der Waals surface area contributed by atoms with Gasteiger partial charge in [-0.2, -0.15) is 0 Å². The van der Waals surface area contributed by atoms with Crippen molar-refractivity contribution < 1.29 is 4.79 Å². The highest BCUT2D eigenvalue weighted by molar-refractivity contribution is 8.01. The van der Waals surface area contributed by atoms with Gasteiger partial charge in [0.25, 0.3) is 0 Å². The molecule has 3 aromatic rings. The fourth-order valence-corrected chi connectivity index (χ4v) is 4.76. The van der Waals surface area contributed by atoms with Crippen molar-refractivity contribution in [2.75, 3.05) is 16.8 Å².